The molecule has 0 spiro atoms. The zero-order chi connectivity index (χ0) is 23.1. The summed E-state index contributed by atoms with van der Waals surface area (Å²) < 4.78 is 0. The molecule has 0 radical (unpaired) electrons. The van der Waals surface area contributed by atoms with E-state index in [4.69, 9.17) is 17.0 Å². The van der Waals surface area contributed by atoms with Crippen LogP contribution in [0, 0.1) is 18.3 Å². The third kappa shape index (κ3) is 10.8. The lowest BCUT2D eigenvalue weighted by molar-refractivity contribution is 0.412. The molecule has 0 saturated heterocycles. The first-order valence-corrected chi connectivity index (χ1v) is 10.5. The van der Waals surface area contributed by atoms with Crippen molar-refractivity contribution in [1.82, 2.24) is 0 Å². The number of halogens is 1. The highest BCUT2D eigenvalue weighted by atomic mass is 35.5. The van der Waals surface area contributed by atoms with Gasteiger partial charge in [0.15, 0.2) is 5.84 Å². The highest BCUT2D eigenvalue weighted by molar-refractivity contribution is 6.30. The van der Waals surface area contributed by atoms with Crippen molar-refractivity contribution in [2.24, 2.45) is 10.9 Å². The summed E-state index contributed by atoms with van der Waals surface area (Å²) in [5.74, 6) is 0.741. The second kappa shape index (κ2) is 15.8. The van der Waals surface area contributed by atoms with Crippen LogP contribution >= 0.6 is 11.6 Å². The zero-order valence-electron chi connectivity index (χ0n) is 19.5. The van der Waals surface area contributed by atoms with Crippen LogP contribution < -0.4 is 0 Å². The number of aliphatic hydroxyl groups is 1. The maximum absolute atomic E-state index is 9.61. The van der Waals surface area contributed by atoms with E-state index in [1.165, 1.54) is 25.3 Å². The Morgan fingerprint density at radius 2 is 1.72 bits per heavy atom. The molecule has 0 amide bonds. The summed E-state index contributed by atoms with van der Waals surface area (Å²) in [4.78, 5) is 3.54. The van der Waals surface area contributed by atoms with Crippen molar-refractivity contribution >= 4 is 29.7 Å². The topological polar surface area (TPSA) is 56.4 Å². The molecule has 3 nitrogen and oxygen atoms in total. The first kappa shape index (κ1) is 29.1. The molecule has 0 heterocycles. The largest absolute Gasteiger partial charge is 0.512 e. The van der Waals surface area contributed by atoms with Crippen LogP contribution in [0.1, 0.15) is 72.4 Å². The number of amidine groups is 1. The summed E-state index contributed by atoms with van der Waals surface area (Å²) in [7, 11) is 0. The number of nitrogens with one attached hydrogen (secondary N) is 1. The lowest BCUT2D eigenvalue weighted by atomic mass is 9.97. The van der Waals surface area contributed by atoms with Crippen molar-refractivity contribution in [3.05, 3.63) is 63.9 Å². The van der Waals surface area contributed by atoms with E-state index >= 15 is 0 Å². The van der Waals surface area contributed by atoms with Crippen LogP contribution in [0.3, 0.4) is 0 Å². The van der Waals surface area contributed by atoms with Gasteiger partial charge in [-0.1, -0.05) is 57.5 Å². The fraction of sp³-hybridized carbons (Fsp3) is 0.440. The van der Waals surface area contributed by atoms with E-state index in [9.17, 15) is 5.11 Å². The summed E-state index contributed by atoms with van der Waals surface area (Å²) in [5, 5.41) is 17.9. The minimum absolute atomic E-state index is 0.0384. The van der Waals surface area contributed by atoms with Gasteiger partial charge in [0.1, 0.15) is 5.76 Å². The standard InChI is InChI=1S/C15H17ClN2O.C8H16.C2H6/c1-9-5-6-12(16)8-13(9)10(2)7-14(11(3)19)15(17)18-4;1-5-8(6-2)7(3)4;1-2/h5-8,17,19H,4H2,1-3H3;8H,3,5-6H2,1-2,4H3;1-2H3/b10-7+,14-11-,17-15?;;. The Morgan fingerprint density at radius 3 is 2.07 bits per heavy atom. The first-order chi connectivity index (χ1) is 13.6. The van der Waals surface area contributed by atoms with Gasteiger partial charge in [0, 0.05) is 5.02 Å². The number of aliphatic hydroxyl groups excluding tert-OH is 1. The number of aryl methyl sites for hydroxylation is 1. The lowest BCUT2D eigenvalue weighted by Gasteiger charge is -2.09. The van der Waals surface area contributed by atoms with Crippen LogP contribution in [0.5, 0.6) is 0 Å². The SMILES string of the molecule is C=C(C)C(CC)CC.C=NC(=N)C(/C=C(\C)c1cc(Cl)ccc1C)=C(/C)O.CC. The van der Waals surface area contributed by atoms with Gasteiger partial charge in [-0.05, 0) is 88.1 Å². The molecule has 0 aliphatic heterocycles. The number of hydrogen-bond acceptors (Lipinski definition) is 2. The molecule has 1 aromatic carbocycles. The predicted octanol–water partition coefficient (Wildman–Crippen LogP) is 8.59. The Balaban J connectivity index is 0. The highest BCUT2D eigenvalue weighted by Crippen LogP contribution is 2.24. The second-order valence-corrected chi connectivity index (χ2v) is 7.09. The van der Waals surface area contributed by atoms with Gasteiger partial charge in [0.05, 0.1) is 5.57 Å². The predicted molar refractivity (Wildman–Crippen MR) is 133 cm³/mol. The average molecular weight is 419 g/mol. The van der Waals surface area contributed by atoms with E-state index in [-0.39, 0.29) is 11.6 Å². The van der Waals surface area contributed by atoms with Gasteiger partial charge >= 0.3 is 0 Å². The van der Waals surface area contributed by atoms with Crippen LogP contribution in [-0.4, -0.2) is 17.7 Å². The number of aliphatic imine (C=N–C) groups is 1. The molecular weight excluding hydrogens is 380 g/mol. The number of nitrogens with zero attached hydrogens (tertiary/aromatic N) is 1. The van der Waals surface area contributed by atoms with Gasteiger partial charge in [-0.15, -0.1) is 0 Å². The fourth-order valence-corrected chi connectivity index (χ4v) is 2.90. The second-order valence-electron chi connectivity index (χ2n) is 6.65. The molecule has 0 aromatic heterocycles. The van der Waals surface area contributed by atoms with Crippen molar-refractivity contribution < 1.29 is 5.11 Å². The minimum Gasteiger partial charge on any atom is -0.512 e. The molecule has 0 aliphatic carbocycles. The Labute approximate surface area is 183 Å². The first-order valence-electron chi connectivity index (χ1n) is 10.1. The summed E-state index contributed by atoms with van der Waals surface area (Å²) in [6, 6.07) is 5.62. The number of benzene rings is 1. The van der Waals surface area contributed by atoms with E-state index < -0.39 is 0 Å². The molecule has 162 valence electrons. The zero-order valence-corrected chi connectivity index (χ0v) is 20.2. The van der Waals surface area contributed by atoms with E-state index in [0.717, 1.165) is 22.6 Å². The molecule has 29 heavy (non-hydrogen) atoms. The quantitative estimate of drug-likeness (QED) is 0.157. The molecule has 0 fully saturated rings. The Hall–Kier alpha value is -2.13. The van der Waals surface area contributed by atoms with Gasteiger partial charge in [-0.3, -0.25) is 5.41 Å². The maximum Gasteiger partial charge on any atom is 0.154 e. The third-order valence-corrected chi connectivity index (χ3v) is 4.71. The van der Waals surface area contributed by atoms with Gasteiger partial charge < -0.3 is 5.11 Å². The average Bonchev–Trinajstić information content (AvgIpc) is 2.69. The lowest BCUT2D eigenvalue weighted by Crippen LogP contribution is -1.99. The van der Waals surface area contributed by atoms with Crippen LogP contribution in [0.15, 0.2) is 52.8 Å². The van der Waals surface area contributed by atoms with Crippen molar-refractivity contribution in [2.45, 2.75) is 68.2 Å². The fourth-order valence-electron chi connectivity index (χ4n) is 2.73. The number of rotatable bonds is 6. The van der Waals surface area contributed by atoms with E-state index in [1.807, 2.05) is 45.9 Å². The maximum atomic E-state index is 9.61. The normalized spacial score (nSPS) is 11.4. The van der Waals surface area contributed by atoms with E-state index in [1.54, 1.807) is 6.08 Å². The summed E-state index contributed by atoms with van der Waals surface area (Å²) >= 11 is 5.99. The van der Waals surface area contributed by atoms with Crippen molar-refractivity contribution in [3.63, 3.8) is 0 Å². The molecule has 0 unspecified atom stereocenters. The molecule has 0 saturated carbocycles. The summed E-state index contributed by atoms with van der Waals surface area (Å²) in [5.41, 5.74) is 4.63. The van der Waals surface area contributed by atoms with Gasteiger partial charge in [0.25, 0.3) is 0 Å². The smallest absolute Gasteiger partial charge is 0.154 e. The van der Waals surface area contributed by atoms with E-state index in [0.29, 0.717) is 10.6 Å². The summed E-state index contributed by atoms with van der Waals surface area (Å²) in [6.45, 7) is 23.1. The monoisotopic (exact) mass is 418 g/mol. The number of hydrogen-bond donors (Lipinski definition) is 2. The molecule has 0 bridgehead atoms. The molecule has 4 heteroatoms. The molecule has 1 aromatic rings. The molecule has 0 aliphatic rings. The van der Waals surface area contributed by atoms with Crippen LogP contribution in [-0.2, 0) is 0 Å². The van der Waals surface area contributed by atoms with Crippen molar-refractivity contribution in [1.29, 1.82) is 5.41 Å². The molecule has 0 atom stereocenters. The highest BCUT2D eigenvalue weighted by Gasteiger charge is 2.08. The van der Waals surface area contributed by atoms with Gasteiger partial charge in [0.2, 0.25) is 0 Å². The third-order valence-electron chi connectivity index (χ3n) is 4.47. The van der Waals surface area contributed by atoms with Crippen LogP contribution in [0.25, 0.3) is 5.57 Å². The van der Waals surface area contributed by atoms with Crippen LogP contribution in [0.2, 0.25) is 5.02 Å². The van der Waals surface area contributed by atoms with Crippen molar-refractivity contribution in [3.8, 4) is 0 Å². The minimum atomic E-state index is -0.0565. The van der Waals surface area contributed by atoms with E-state index in [2.05, 4.69) is 39.1 Å². The molecule has 1 rings (SSSR count). The molecular formula is C25H39ClN2O. The Kier molecular flexibility index (Phi) is 15.8. The van der Waals surface area contributed by atoms with Crippen molar-refractivity contribution in [2.75, 3.05) is 0 Å². The van der Waals surface area contributed by atoms with Gasteiger partial charge in [-0.2, -0.15) is 0 Å². The van der Waals surface area contributed by atoms with Crippen LogP contribution in [0.4, 0.5) is 0 Å². The molecule has 2 N–H and O–H groups in total. The Morgan fingerprint density at radius 1 is 1.21 bits per heavy atom. The Bertz CT molecular complexity index is 737. The van der Waals surface area contributed by atoms with Gasteiger partial charge in [-0.25, -0.2) is 4.99 Å². The summed E-state index contributed by atoms with van der Waals surface area (Å²) in [6.07, 6.45) is 4.20. The number of allylic oxidation sites excluding steroid dienone is 3.